The summed E-state index contributed by atoms with van der Waals surface area (Å²) in [5.74, 6) is -13.1. The van der Waals surface area contributed by atoms with Crippen LogP contribution in [0.1, 0.15) is 185 Å². The molecule has 7 aromatic carbocycles. The van der Waals surface area contributed by atoms with Crippen molar-refractivity contribution in [1.29, 1.82) is 0 Å². The summed E-state index contributed by atoms with van der Waals surface area (Å²) >= 11 is 0. The summed E-state index contributed by atoms with van der Waals surface area (Å²) < 4.78 is 18.2. The molecule has 0 radical (unpaired) electrons. The number of amides is 13. The quantitative estimate of drug-likeness (QED) is 0.00555. The van der Waals surface area contributed by atoms with E-state index in [1.165, 1.54) is 0 Å². The van der Waals surface area contributed by atoms with Gasteiger partial charge in [0.15, 0.2) is 0 Å². The van der Waals surface area contributed by atoms with Crippen molar-refractivity contribution < 1.29 is 86.1 Å². The summed E-state index contributed by atoms with van der Waals surface area (Å²) in [6.07, 6.45) is 1.13. The van der Waals surface area contributed by atoms with E-state index >= 15 is 33.6 Å². The minimum absolute atomic E-state index is 0.0168. The molecule has 0 saturated heterocycles. The molecule has 0 aliphatic heterocycles. The van der Waals surface area contributed by atoms with Crippen molar-refractivity contribution in [2.24, 2.45) is 34.7 Å². The third-order valence-electron chi connectivity index (χ3n) is 23.6. The number of esters is 2. The molecule has 13 N–H and O–H groups in total. The van der Waals surface area contributed by atoms with Gasteiger partial charge in [-0.05, 0) is 125 Å². The van der Waals surface area contributed by atoms with Gasteiger partial charge in [0, 0.05) is 62.7 Å². The van der Waals surface area contributed by atoms with Gasteiger partial charge in [0.25, 0.3) is 0 Å². The number of carbonyl (C=O) groups excluding carboxylic acids is 15. The van der Waals surface area contributed by atoms with E-state index in [0.29, 0.717) is 77.1 Å². The molecule has 0 fully saturated rings. The van der Waals surface area contributed by atoms with Crippen molar-refractivity contribution in [3.8, 4) is 0 Å². The first kappa shape index (κ1) is 117. The van der Waals surface area contributed by atoms with Gasteiger partial charge in [-0.15, -0.1) is 5.10 Å². The highest BCUT2D eigenvalue weighted by Gasteiger charge is 2.40. The fourth-order valence-electron chi connectivity index (χ4n) is 16.2. The fraction of sp³-hybridized carbons (Fsp3) is 0.464. The van der Waals surface area contributed by atoms with Crippen LogP contribution in [0.5, 0.6) is 0 Å². The number of rotatable bonds is 64. The second kappa shape index (κ2) is 63.3. The summed E-state index contributed by atoms with van der Waals surface area (Å²) in [6, 6.07) is 43.4. The van der Waals surface area contributed by atoms with Crippen molar-refractivity contribution in [3.63, 3.8) is 0 Å². The molecule has 1 heterocycles. The molecule has 37 nitrogen and oxygen atoms in total. The van der Waals surface area contributed by atoms with E-state index in [1.54, 1.807) is 230 Å². The Kier molecular flexibility index (Phi) is 50.5. The lowest BCUT2D eigenvalue weighted by atomic mass is 9.97. The molecule has 788 valence electrons. The SMILES string of the molecule is CCCNC(=O)[C@H](CC(=O)OCc1ccccc1)NC(=O)[C@@H](CC(=O)OCc1ccccc1)NC(=O)[C@@H](Cc1ccccc1)NC(=O)[C@@H](Cc1ccccc1)NC(=O)[C@@H](Cc1ccccc1)NC(=O)[C@@H](Cc1ccccc1)NC(=O)[C@H](Cc1ccccc1)NC(=O)[C@H](CC(C)C)NC(=O)[C@H](CC(C)C)NC(=O)[C@H](CC(C)C)NC(=O)[C@H](CC(C)C)NC(=O)[C@@H](CC(C)C)NC(=O)CCCc1cn(CCOCCN=[N+]=[N-])nn1. The first-order valence-electron chi connectivity index (χ1n) is 50.5. The third-order valence-corrected chi connectivity index (χ3v) is 23.6. The molecule has 13 amide bonds. The highest BCUT2D eigenvalue weighted by molar-refractivity contribution is 6.01. The molecule has 0 aliphatic rings. The number of nitrogens with zero attached hydrogens (tertiary/aromatic N) is 6. The molecule has 8 aromatic rings. The van der Waals surface area contributed by atoms with E-state index in [2.05, 4.69) is 89.5 Å². The summed E-state index contributed by atoms with van der Waals surface area (Å²) in [6.45, 7) is 21.3. The van der Waals surface area contributed by atoms with E-state index in [9.17, 15) is 38.4 Å². The second-order valence-electron chi connectivity index (χ2n) is 38.8. The standard InChI is InChI=1S/C110H145N19O18/c1-12-51-112-99(133)94(66-97(131)146-69-81-45-30-18-31-46-81)124-110(144)95(67-98(132)147-70-82-47-32-19-33-48-82)125-109(143)93(65-80-43-28-17-29-44-80)123-108(142)92(64-79-41-26-16-27-42-79)122-107(141)91(63-78-39-24-15-25-40-78)121-106(140)90(62-77-37-22-14-23-38-77)120-105(139)89(61-76-35-20-13-21-36-76)119-104(138)88(60-75(10)11)118-103(137)87(59-74(8)9)117-102(136)86(58-73(6)7)116-101(135)85(57-72(4)5)115-100(134)84(56-71(2)3)114-96(130)50-34-49-83-68-129(128-126-83)53-55-145-54-52-113-127-111/h13-33,35-48,68,71-75,84-95H,12,34,49-67,69-70H2,1-11H3,(H,112,133)(H,114,130)(H,115,134)(H,116,135)(H,117,136)(H,118,137)(H,119,138)(H,120,139)(H,121,140)(H,122,141)(H,123,142)(H,124,144)(H,125,143)/t84-,85+,86+,87+,88+,89+,90-,91-,92-,93-,94+,95-/m1/s1. The van der Waals surface area contributed by atoms with E-state index in [-0.39, 0.29) is 133 Å². The van der Waals surface area contributed by atoms with Crippen LogP contribution in [0.15, 0.2) is 224 Å². The number of ether oxygens (including phenoxy) is 3. The van der Waals surface area contributed by atoms with E-state index in [1.807, 2.05) is 69.2 Å². The van der Waals surface area contributed by atoms with Crippen LogP contribution in [0, 0.1) is 29.6 Å². The Hall–Kier alpha value is -15.0. The monoisotopic (exact) mass is 2020 g/mol. The van der Waals surface area contributed by atoms with Gasteiger partial charge in [0.05, 0.1) is 38.3 Å². The summed E-state index contributed by atoms with van der Waals surface area (Å²) in [5, 5.41) is 48.5. The lowest BCUT2D eigenvalue weighted by Crippen LogP contribution is -2.62. The van der Waals surface area contributed by atoms with Crippen LogP contribution in [0.2, 0.25) is 0 Å². The Morgan fingerprint density at radius 1 is 0.333 bits per heavy atom. The van der Waals surface area contributed by atoms with E-state index < -0.39 is 174 Å². The van der Waals surface area contributed by atoms with Gasteiger partial charge < -0.3 is 83.3 Å². The second-order valence-corrected chi connectivity index (χ2v) is 38.8. The normalized spacial score (nSPS) is 13.6. The molecule has 0 unspecified atom stereocenters. The summed E-state index contributed by atoms with van der Waals surface area (Å²) in [4.78, 5) is 225. The first-order valence-corrected chi connectivity index (χ1v) is 50.5. The minimum atomic E-state index is -1.83. The van der Waals surface area contributed by atoms with Crippen molar-refractivity contribution >= 4 is 88.7 Å². The molecule has 0 spiro atoms. The zero-order valence-electron chi connectivity index (χ0n) is 85.9. The van der Waals surface area contributed by atoms with E-state index in [4.69, 9.17) is 19.7 Å². The highest BCUT2D eigenvalue weighted by Crippen LogP contribution is 2.20. The Labute approximate surface area is 860 Å². The molecule has 37 heteroatoms. The van der Waals surface area contributed by atoms with Crippen molar-refractivity contribution in [3.05, 3.63) is 274 Å². The number of benzene rings is 7. The molecule has 1 aromatic heterocycles. The molecule has 0 aliphatic carbocycles. The maximum atomic E-state index is 15.7. The molecular formula is C110H145N19O18. The van der Waals surface area contributed by atoms with Gasteiger partial charge in [0.2, 0.25) is 76.8 Å². The third kappa shape index (κ3) is 44.2. The van der Waals surface area contributed by atoms with Crippen LogP contribution in [0.25, 0.3) is 10.4 Å². The summed E-state index contributed by atoms with van der Waals surface area (Å²) in [5.41, 5.74) is 13.1. The smallest absolute Gasteiger partial charge is 0.308 e. The molecule has 0 saturated carbocycles. The maximum absolute atomic E-state index is 15.7. The number of aromatic nitrogens is 3. The lowest BCUT2D eigenvalue weighted by Gasteiger charge is -2.30. The topological polar surface area (TPSA) is 520 Å². The van der Waals surface area contributed by atoms with Gasteiger partial charge in [-0.25, -0.2) is 4.68 Å². The van der Waals surface area contributed by atoms with Gasteiger partial charge in [-0.1, -0.05) is 299 Å². The Morgan fingerprint density at radius 3 is 0.878 bits per heavy atom. The van der Waals surface area contributed by atoms with Crippen LogP contribution in [-0.2, 0) is 144 Å². The van der Waals surface area contributed by atoms with Gasteiger partial charge in [0.1, 0.15) is 85.7 Å². The number of azide groups is 1. The van der Waals surface area contributed by atoms with Crippen molar-refractivity contribution in [2.75, 3.05) is 26.3 Å². The van der Waals surface area contributed by atoms with Crippen molar-refractivity contribution in [1.82, 2.24) is 84.1 Å². The van der Waals surface area contributed by atoms with Crippen LogP contribution in [0.3, 0.4) is 0 Å². The van der Waals surface area contributed by atoms with Crippen LogP contribution in [0.4, 0.5) is 0 Å². The fourth-order valence-corrected chi connectivity index (χ4v) is 16.2. The average Bonchev–Trinajstić information content (AvgIpc) is 1.82. The number of aryl methyl sites for hydroxylation is 1. The van der Waals surface area contributed by atoms with E-state index in [0.717, 1.165) is 0 Å². The van der Waals surface area contributed by atoms with Crippen LogP contribution < -0.4 is 69.1 Å². The Bertz CT molecular complexity index is 5550. The van der Waals surface area contributed by atoms with Crippen molar-refractivity contribution in [2.45, 2.75) is 271 Å². The van der Waals surface area contributed by atoms with Gasteiger partial charge in [-0.3, -0.25) is 71.9 Å². The number of nitrogens with one attached hydrogen (secondary N) is 13. The van der Waals surface area contributed by atoms with Gasteiger partial charge in [-0.2, -0.15) is 0 Å². The molecular weight excluding hydrogens is 1880 g/mol. The molecule has 12 atom stereocenters. The minimum Gasteiger partial charge on any atom is -0.461 e. The Balaban J connectivity index is 1.02. The molecule has 147 heavy (non-hydrogen) atoms. The number of hydrogen-bond donors (Lipinski definition) is 13. The number of hydrogen-bond acceptors (Lipinski definition) is 21. The highest BCUT2D eigenvalue weighted by atomic mass is 16.5. The molecule has 0 bridgehead atoms. The Morgan fingerprint density at radius 2 is 0.592 bits per heavy atom. The predicted molar refractivity (Wildman–Crippen MR) is 554 cm³/mol. The van der Waals surface area contributed by atoms with Gasteiger partial charge >= 0.3 is 11.9 Å². The molecule has 8 rings (SSSR count). The predicted octanol–water partition coefficient (Wildman–Crippen LogP) is 8.98. The van der Waals surface area contributed by atoms with Crippen LogP contribution >= 0.6 is 0 Å². The maximum Gasteiger partial charge on any atom is 0.308 e. The zero-order chi connectivity index (χ0) is 107. The largest absolute Gasteiger partial charge is 0.461 e. The lowest BCUT2D eigenvalue weighted by molar-refractivity contribution is -0.149. The first-order chi connectivity index (χ1) is 70.6. The average molecular weight is 2020 g/mol. The number of carbonyl (C=O) groups is 15. The van der Waals surface area contributed by atoms with Crippen LogP contribution in [-0.4, -0.2) is 203 Å². The summed E-state index contributed by atoms with van der Waals surface area (Å²) in [7, 11) is 0. The zero-order valence-corrected chi connectivity index (χ0v) is 85.9.